The minimum absolute atomic E-state index is 0.214. The van der Waals surface area contributed by atoms with Crippen molar-refractivity contribution in [3.63, 3.8) is 0 Å². The summed E-state index contributed by atoms with van der Waals surface area (Å²) in [4.78, 5) is 29.2. The molecule has 0 saturated carbocycles. The van der Waals surface area contributed by atoms with Gasteiger partial charge in [-0.1, -0.05) is 23.7 Å². The highest BCUT2D eigenvalue weighted by molar-refractivity contribution is 6.31. The molecule has 0 fully saturated rings. The van der Waals surface area contributed by atoms with Gasteiger partial charge in [0, 0.05) is 11.2 Å². The van der Waals surface area contributed by atoms with Crippen LogP contribution in [0, 0.1) is 0 Å². The Labute approximate surface area is 165 Å². The normalized spacial score (nSPS) is 10.9. The van der Waals surface area contributed by atoms with Gasteiger partial charge in [0.05, 0.1) is 42.1 Å². The van der Waals surface area contributed by atoms with E-state index in [9.17, 15) is 9.59 Å². The maximum Gasteiger partial charge on any atom is 0.337 e. The number of halogens is 1. The topological polar surface area (TPSA) is 66.1 Å². The number of hydrogen-bond donors (Lipinski definition) is 0. The van der Waals surface area contributed by atoms with E-state index in [0.717, 1.165) is 11.1 Å². The molecule has 0 spiro atoms. The molecule has 2 heterocycles. The van der Waals surface area contributed by atoms with Gasteiger partial charge in [-0.05, 0) is 48.0 Å². The first-order chi connectivity index (χ1) is 13.6. The van der Waals surface area contributed by atoms with E-state index in [0.29, 0.717) is 28.3 Å². The second-order valence-corrected chi connectivity index (χ2v) is 6.68. The molecule has 0 radical (unpaired) electrons. The Kier molecular flexibility index (Phi) is 4.71. The minimum Gasteiger partial charge on any atom is -0.465 e. The number of rotatable bonds is 4. The predicted molar refractivity (Wildman–Crippen MR) is 107 cm³/mol. The van der Waals surface area contributed by atoms with Gasteiger partial charge in [0.25, 0.3) is 0 Å². The molecule has 0 unspecified atom stereocenters. The fraction of sp³-hybridized carbons (Fsp3) is 0.0952. The van der Waals surface area contributed by atoms with Crippen LogP contribution in [-0.4, -0.2) is 27.2 Å². The third kappa shape index (κ3) is 3.18. The molecule has 0 saturated heterocycles. The summed E-state index contributed by atoms with van der Waals surface area (Å²) < 4.78 is 8.01. The number of esters is 1. The number of ether oxygens (including phenoxy) is 1. The third-order valence-electron chi connectivity index (χ3n) is 4.48. The van der Waals surface area contributed by atoms with Crippen LogP contribution < -0.4 is 5.69 Å². The van der Waals surface area contributed by atoms with Crippen molar-refractivity contribution in [3.05, 3.63) is 93.6 Å². The predicted octanol–water partition coefficient (Wildman–Crippen LogP) is 3.68. The molecule has 140 valence electrons. The Hall–Kier alpha value is -3.38. The summed E-state index contributed by atoms with van der Waals surface area (Å²) in [5.74, 6) is -0.418. The van der Waals surface area contributed by atoms with Gasteiger partial charge < -0.3 is 4.74 Å². The van der Waals surface area contributed by atoms with Gasteiger partial charge in [0.15, 0.2) is 0 Å². The van der Waals surface area contributed by atoms with Crippen LogP contribution in [0.4, 0.5) is 0 Å². The van der Waals surface area contributed by atoms with Gasteiger partial charge in [-0.3, -0.25) is 14.1 Å². The minimum atomic E-state index is -0.418. The van der Waals surface area contributed by atoms with Gasteiger partial charge in [-0.2, -0.15) is 0 Å². The number of aromatic nitrogens is 3. The number of hydrogen-bond acceptors (Lipinski definition) is 4. The third-order valence-corrected chi connectivity index (χ3v) is 4.72. The van der Waals surface area contributed by atoms with Crippen LogP contribution in [0.2, 0.25) is 5.02 Å². The van der Waals surface area contributed by atoms with Crippen LogP contribution in [0.3, 0.4) is 0 Å². The highest BCUT2D eigenvalue weighted by Gasteiger charge is 2.16. The lowest BCUT2D eigenvalue weighted by molar-refractivity contribution is 0.0600. The van der Waals surface area contributed by atoms with Crippen molar-refractivity contribution in [2.45, 2.75) is 6.54 Å². The number of carbonyl (C=O) groups is 1. The maximum atomic E-state index is 13.2. The Balaban J connectivity index is 1.88. The highest BCUT2D eigenvalue weighted by atomic mass is 35.5. The highest BCUT2D eigenvalue weighted by Crippen LogP contribution is 2.22. The molecule has 2 aromatic carbocycles. The number of nitrogens with zero attached hydrogens (tertiary/aromatic N) is 3. The summed E-state index contributed by atoms with van der Waals surface area (Å²) in [5.41, 5.74) is 3.11. The molecule has 0 aliphatic heterocycles. The maximum absolute atomic E-state index is 13.2. The lowest BCUT2D eigenvalue weighted by atomic mass is 10.1. The van der Waals surface area contributed by atoms with Crippen molar-refractivity contribution < 1.29 is 9.53 Å². The number of methoxy groups -OCH3 is 1. The first kappa shape index (κ1) is 18.0. The van der Waals surface area contributed by atoms with E-state index in [1.807, 2.05) is 18.2 Å². The van der Waals surface area contributed by atoms with Crippen molar-refractivity contribution in [3.8, 4) is 5.69 Å². The number of benzene rings is 2. The van der Waals surface area contributed by atoms with Crippen molar-refractivity contribution in [1.29, 1.82) is 0 Å². The largest absolute Gasteiger partial charge is 0.465 e. The molecule has 0 atom stereocenters. The molecule has 6 nitrogen and oxygen atoms in total. The molecule has 28 heavy (non-hydrogen) atoms. The second-order valence-electron chi connectivity index (χ2n) is 6.24. The molecular weight excluding hydrogens is 378 g/mol. The van der Waals surface area contributed by atoms with Crippen LogP contribution in [-0.2, 0) is 11.3 Å². The molecule has 0 N–H and O–H groups in total. The van der Waals surface area contributed by atoms with Gasteiger partial charge in [-0.25, -0.2) is 9.59 Å². The Morgan fingerprint density at radius 3 is 2.71 bits per heavy atom. The molecule has 4 aromatic rings. The Bertz CT molecular complexity index is 1230. The summed E-state index contributed by atoms with van der Waals surface area (Å²) in [6.07, 6.45) is 3.28. The average molecular weight is 394 g/mol. The fourth-order valence-electron chi connectivity index (χ4n) is 3.22. The van der Waals surface area contributed by atoms with Crippen LogP contribution in [0.15, 0.2) is 71.8 Å². The summed E-state index contributed by atoms with van der Waals surface area (Å²) in [6.45, 7) is 0.301. The molecule has 2 aromatic heterocycles. The van der Waals surface area contributed by atoms with Crippen LogP contribution in [0.1, 0.15) is 15.9 Å². The van der Waals surface area contributed by atoms with Gasteiger partial charge in [0.2, 0.25) is 0 Å². The average Bonchev–Trinajstić information content (AvgIpc) is 2.99. The lowest BCUT2D eigenvalue weighted by Crippen LogP contribution is -2.23. The molecule has 7 heteroatoms. The quantitative estimate of drug-likeness (QED) is 0.496. The van der Waals surface area contributed by atoms with E-state index < -0.39 is 5.97 Å². The number of fused-ring (bicyclic) bond motifs is 1. The molecule has 4 rings (SSSR count). The fourth-order valence-corrected chi connectivity index (χ4v) is 3.38. The van der Waals surface area contributed by atoms with Gasteiger partial charge in [0.1, 0.15) is 0 Å². The van der Waals surface area contributed by atoms with Crippen LogP contribution in [0.5, 0.6) is 0 Å². The van der Waals surface area contributed by atoms with E-state index in [2.05, 4.69) is 4.98 Å². The Morgan fingerprint density at radius 1 is 1.11 bits per heavy atom. The van der Waals surface area contributed by atoms with Gasteiger partial charge >= 0.3 is 11.7 Å². The summed E-state index contributed by atoms with van der Waals surface area (Å²) in [7, 11) is 1.34. The summed E-state index contributed by atoms with van der Waals surface area (Å²) in [5, 5.41) is 0.537. The molecule has 0 aliphatic carbocycles. The smallest absolute Gasteiger partial charge is 0.337 e. The van der Waals surface area contributed by atoms with Crippen molar-refractivity contribution in [2.24, 2.45) is 0 Å². The standard InChI is InChI=1S/C21H16ClN3O3/c1-28-20(26)15-5-2-4-14(10-15)13-24-18-8-7-16(22)11-19(18)25(21(24)27)17-6-3-9-23-12-17/h2-12H,13H2,1H3. The first-order valence-electron chi connectivity index (χ1n) is 8.57. The zero-order valence-corrected chi connectivity index (χ0v) is 15.8. The second kappa shape index (κ2) is 7.32. The molecule has 0 bridgehead atoms. The number of pyridine rings is 1. The van der Waals surface area contributed by atoms with E-state index in [1.54, 1.807) is 57.9 Å². The number of carbonyl (C=O) groups excluding carboxylic acids is 1. The van der Waals surface area contributed by atoms with E-state index in [1.165, 1.54) is 7.11 Å². The van der Waals surface area contributed by atoms with E-state index in [4.69, 9.17) is 16.3 Å². The molecule has 0 aliphatic rings. The monoisotopic (exact) mass is 393 g/mol. The van der Waals surface area contributed by atoms with Crippen LogP contribution >= 0.6 is 11.6 Å². The number of imidazole rings is 1. The first-order valence-corrected chi connectivity index (χ1v) is 8.95. The summed E-state index contributed by atoms with van der Waals surface area (Å²) in [6, 6.07) is 15.9. The van der Waals surface area contributed by atoms with Gasteiger partial charge in [-0.15, -0.1) is 0 Å². The van der Waals surface area contributed by atoms with E-state index >= 15 is 0 Å². The molecular formula is C21H16ClN3O3. The van der Waals surface area contributed by atoms with Crippen molar-refractivity contribution in [2.75, 3.05) is 7.11 Å². The van der Waals surface area contributed by atoms with Crippen molar-refractivity contribution in [1.82, 2.24) is 14.1 Å². The molecule has 0 amide bonds. The SMILES string of the molecule is COC(=O)c1cccc(Cn2c(=O)n(-c3cccnc3)c3cc(Cl)ccc32)c1. The van der Waals surface area contributed by atoms with Crippen molar-refractivity contribution >= 4 is 28.6 Å². The Morgan fingerprint density at radius 2 is 1.96 bits per heavy atom. The van der Waals surface area contributed by atoms with Crippen LogP contribution in [0.25, 0.3) is 16.7 Å². The van der Waals surface area contributed by atoms with E-state index in [-0.39, 0.29) is 5.69 Å². The summed E-state index contributed by atoms with van der Waals surface area (Å²) >= 11 is 6.18. The lowest BCUT2D eigenvalue weighted by Gasteiger charge is -2.06. The zero-order chi connectivity index (χ0) is 19.7. The zero-order valence-electron chi connectivity index (χ0n) is 15.0.